The number of carboxylic acid groups (broad SMARTS) is 1. The lowest BCUT2D eigenvalue weighted by Crippen LogP contribution is -2.20. The van der Waals surface area contributed by atoms with Gasteiger partial charge in [-0.15, -0.1) is 0 Å². The average Bonchev–Trinajstić information content (AvgIpc) is 2.66. The highest BCUT2D eigenvalue weighted by Crippen LogP contribution is 2.28. The van der Waals surface area contributed by atoms with Gasteiger partial charge in [0.25, 0.3) is 5.91 Å². The molecule has 0 unspecified atom stereocenters. The molecule has 0 bridgehead atoms. The lowest BCUT2D eigenvalue weighted by molar-refractivity contribution is -0.118. The van der Waals surface area contributed by atoms with Gasteiger partial charge in [-0.05, 0) is 42.5 Å². The van der Waals surface area contributed by atoms with Crippen LogP contribution in [0.15, 0.2) is 42.5 Å². The zero-order valence-corrected chi connectivity index (χ0v) is 14.1. The van der Waals surface area contributed by atoms with Crippen molar-refractivity contribution in [1.82, 2.24) is 0 Å². The Labute approximate surface area is 149 Å². The van der Waals surface area contributed by atoms with Crippen LogP contribution in [0, 0.1) is 0 Å². The predicted octanol–water partition coefficient (Wildman–Crippen LogP) is 2.20. The second-order valence-electron chi connectivity index (χ2n) is 5.08. The van der Waals surface area contributed by atoms with Crippen molar-refractivity contribution in [1.29, 1.82) is 0 Å². The number of carboxylic acids is 1. The Morgan fingerprint density at radius 3 is 2.19 bits per heavy atom. The van der Waals surface area contributed by atoms with Crippen molar-refractivity contribution in [3.05, 3.63) is 53.6 Å². The normalized spacial score (nSPS) is 9.92. The number of anilines is 1. The first-order valence-electron chi connectivity index (χ1n) is 7.47. The summed E-state index contributed by atoms with van der Waals surface area (Å²) in [7, 11) is 2.66. The summed E-state index contributed by atoms with van der Waals surface area (Å²) in [5, 5.41) is 11.6. The zero-order valence-electron chi connectivity index (χ0n) is 14.1. The summed E-state index contributed by atoms with van der Waals surface area (Å²) in [5.74, 6) is -1.54. The number of methoxy groups -OCH3 is 2. The molecule has 2 aromatic rings. The Kier molecular flexibility index (Phi) is 6.15. The first-order chi connectivity index (χ1) is 12.4. The molecule has 0 spiro atoms. The highest BCUT2D eigenvalue weighted by atomic mass is 16.5. The maximum Gasteiger partial charge on any atom is 0.337 e. The smallest absolute Gasteiger partial charge is 0.337 e. The summed E-state index contributed by atoms with van der Waals surface area (Å²) in [5.41, 5.74) is 0.897. The fourth-order valence-corrected chi connectivity index (χ4v) is 2.07. The standard InChI is InChI=1S/C18H17NO7/c1-24-15-9-12(17(21)22)5-8-14(15)26-10-16(20)19-13-6-3-11(4-7-13)18(23)25-2/h3-9H,10H2,1-2H3,(H,19,20)(H,21,22). The summed E-state index contributed by atoms with van der Waals surface area (Å²) in [4.78, 5) is 34.3. The Bertz CT molecular complexity index is 815. The van der Waals surface area contributed by atoms with Crippen molar-refractivity contribution in [2.24, 2.45) is 0 Å². The van der Waals surface area contributed by atoms with E-state index in [1.165, 1.54) is 44.6 Å². The number of esters is 1. The second-order valence-corrected chi connectivity index (χ2v) is 5.08. The number of aromatic carboxylic acids is 1. The third-order valence-electron chi connectivity index (χ3n) is 3.36. The highest BCUT2D eigenvalue weighted by molar-refractivity contribution is 5.93. The van der Waals surface area contributed by atoms with E-state index in [4.69, 9.17) is 14.6 Å². The molecule has 8 heteroatoms. The van der Waals surface area contributed by atoms with Gasteiger partial charge in [0.1, 0.15) is 0 Å². The van der Waals surface area contributed by atoms with Gasteiger partial charge in [0.2, 0.25) is 0 Å². The van der Waals surface area contributed by atoms with Crippen LogP contribution in [0.25, 0.3) is 0 Å². The summed E-state index contributed by atoms with van der Waals surface area (Å²) in [6.07, 6.45) is 0. The van der Waals surface area contributed by atoms with Crippen LogP contribution in [-0.4, -0.2) is 43.8 Å². The molecular formula is C18H17NO7. The molecule has 2 aromatic carbocycles. The van der Waals surface area contributed by atoms with Crippen molar-refractivity contribution in [2.45, 2.75) is 0 Å². The van der Waals surface area contributed by atoms with Crippen molar-refractivity contribution >= 4 is 23.5 Å². The lowest BCUT2D eigenvalue weighted by atomic mass is 10.2. The first kappa shape index (κ1) is 18.8. The van der Waals surface area contributed by atoms with Crippen LogP contribution in [0.1, 0.15) is 20.7 Å². The third-order valence-corrected chi connectivity index (χ3v) is 3.36. The molecule has 8 nitrogen and oxygen atoms in total. The van der Waals surface area contributed by atoms with Crippen LogP contribution < -0.4 is 14.8 Å². The van der Waals surface area contributed by atoms with E-state index in [1.807, 2.05) is 0 Å². The van der Waals surface area contributed by atoms with E-state index < -0.39 is 17.8 Å². The fraction of sp³-hybridized carbons (Fsp3) is 0.167. The SMILES string of the molecule is COC(=O)c1ccc(NC(=O)COc2ccc(C(=O)O)cc2OC)cc1. The molecule has 0 aromatic heterocycles. The number of hydrogen-bond donors (Lipinski definition) is 2. The molecule has 0 aliphatic rings. The van der Waals surface area contributed by atoms with E-state index in [-0.39, 0.29) is 23.7 Å². The Morgan fingerprint density at radius 2 is 1.62 bits per heavy atom. The van der Waals surface area contributed by atoms with E-state index in [2.05, 4.69) is 10.1 Å². The van der Waals surface area contributed by atoms with Gasteiger partial charge >= 0.3 is 11.9 Å². The second kappa shape index (κ2) is 8.52. The minimum atomic E-state index is -1.09. The number of carbonyl (C=O) groups is 3. The number of carbonyl (C=O) groups excluding carboxylic acids is 2. The summed E-state index contributed by atoms with van der Waals surface area (Å²) in [6, 6.07) is 10.2. The molecule has 1 amide bonds. The molecule has 0 saturated heterocycles. The van der Waals surface area contributed by atoms with Gasteiger partial charge < -0.3 is 24.6 Å². The third kappa shape index (κ3) is 4.73. The lowest BCUT2D eigenvalue weighted by Gasteiger charge is -2.11. The predicted molar refractivity (Wildman–Crippen MR) is 91.9 cm³/mol. The van der Waals surface area contributed by atoms with E-state index in [9.17, 15) is 14.4 Å². The number of benzene rings is 2. The van der Waals surface area contributed by atoms with Gasteiger partial charge in [0, 0.05) is 5.69 Å². The average molecular weight is 359 g/mol. The van der Waals surface area contributed by atoms with E-state index in [1.54, 1.807) is 12.1 Å². The van der Waals surface area contributed by atoms with Gasteiger partial charge in [0.05, 0.1) is 25.3 Å². The molecule has 0 saturated carbocycles. The first-order valence-corrected chi connectivity index (χ1v) is 7.47. The van der Waals surface area contributed by atoms with Crippen LogP contribution in [-0.2, 0) is 9.53 Å². The van der Waals surface area contributed by atoms with E-state index in [0.29, 0.717) is 11.3 Å². The molecular weight excluding hydrogens is 342 g/mol. The molecule has 136 valence electrons. The summed E-state index contributed by atoms with van der Waals surface area (Å²) >= 11 is 0. The highest BCUT2D eigenvalue weighted by Gasteiger charge is 2.12. The van der Waals surface area contributed by atoms with E-state index in [0.717, 1.165) is 0 Å². The van der Waals surface area contributed by atoms with Crippen molar-refractivity contribution < 1.29 is 33.7 Å². The molecule has 26 heavy (non-hydrogen) atoms. The summed E-state index contributed by atoms with van der Waals surface area (Å²) in [6.45, 7) is -0.304. The number of ether oxygens (including phenoxy) is 3. The molecule has 0 fully saturated rings. The Balaban J connectivity index is 1.96. The van der Waals surface area contributed by atoms with Crippen LogP contribution in [0.4, 0.5) is 5.69 Å². The number of nitrogens with one attached hydrogen (secondary N) is 1. The van der Waals surface area contributed by atoms with Gasteiger partial charge in [0.15, 0.2) is 18.1 Å². The largest absolute Gasteiger partial charge is 0.493 e. The number of hydrogen-bond acceptors (Lipinski definition) is 6. The number of rotatable bonds is 7. The molecule has 2 N–H and O–H groups in total. The van der Waals surface area contributed by atoms with Gasteiger partial charge in [-0.2, -0.15) is 0 Å². The van der Waals surface area contributed by atoms with Crippen LogP contribution in [0.3, 0.4) is 0 Å². The summed E-state index contributed by atoms with van der Waals surface area (Å²) < 4.78 is 15.0. The molecule has 0 aliphatic heterocycles. The minimum Gasteiger partial charge on any atom is -0.493 e. The van der Waals surface area contributed by atoms with Gasteiger partial charge in [-0.3, -0.25) is 4.79 Å². The van der Waals surface area contributed by atoms with Crippen LogP contribution in [0.5, 0.6) is 11.5 Å². The van der Waals surface area contributed by atoms with Crippen molar-refractivity contribution in [2.75, 3.05) is 26.1 Å². The van der Waals surface area contributed by atoms with Crippen LogP contribution >= 0.6 is 0 Å². The molecule has 2 rings (SSSR count). The molecule has 0 atom stereocenters. The quantitative estimate of drug-likeness (QED) is 0.729. The molecule has 0 radical (unpaired) electrons. The maximum absolute atomic E-state index is 12.0. The van der Waals surface area contributed by atoms with Crippen molar-refractivity contribution in [3.8, 4) is 11.5 Å². The molecule has 0 heterocycles. The topological polar surface area (TPSA) is 111 Å². The van der Waals surface area contributed by atoms with Gasteiger partial charge in [-0.1, -0.05) is 0 Å². The fourth-order valence-electron chi connectivity index (χ4n) is 2.07. The Morgan fingerprint density at radius 1 is 0.962 bits per heavy atom. The van der Waals surface area contributed by atoms with Gasteiger partial charge in [-0.25, -0.2) is 9.59 Å². The number of amides is 1. The molecule has 0 aliphatic carbocycles. The van der Waals surface area contributed by atoms with E-state index >= 15 is 0 Å². The maximum atomic E-state index is 12.0. The minimum absolute atomic E-state index is 0.0457. The van der Waals surface area contributed by atoms with Crippen LogP contribution in [0.2, 0.25) is 0 Å². The monoisotopic (exact) mass is 359 g/mol. The zero-order chi connectivity index (χ0) is 19.1. The van der Waals surface area contributed by atoms with Crippen molar-refractivity contribution in [3.63, 3.8) is 0 Å². The Hall–Kier alpha value is -3.55.